The molecule has 0 unspecified atom stereocenters. The van der Waals surface area contributed by atoms with Gasteiger partial charge in [0.1, 0.15) is 5.82 Å². The molecule has 3 aromatic rings. The van der Waals surface area contributed by atoms with Crippen LogP contribution in [0.5, 0.6) is 0 Å². The van der Waals surface area contributed by atoms with Crippen LogP contribution in [0.1, 0.15) is 33.6 Å². The predicted octanol–water partition coefficient (Wildman–Crippen LogP) is 4.77. The Morgan fingerprint density at radius 3 is 2.13 bits per heavy atom. The van der Waals surface area contributed by atoms with Gasteiger partial charge in [-0.3, -0.25) is 9.59 Å². The summed E-state index contributed by atoms with van der Waals surface area (Å²) in [5, 5.41) is 3.01. The van der Waals surface area contributed by atoms with Crippen molar-refractivity contribution in [2.45, 2.75) is 12.8 Å². The Labute approximate surface area is 181 Å². The number of halogens is 1. The summed E-state index contributed by atoms with van der Waals surface area (Å²) in [5.41, 5.74) is 2.94. The molecule has 4 rings (SSSR count). The lowest BCUT2D eigenvalue weighted by molar-refractivity contribution is 0.0679. The molecule has 4 nitrogen and oxygen atoms in total. The Morgan fingerprint density at radius 2 is 1.45 bits per heavy atom. The van der Waals surface area contributed by atoms with Gasteiger partial charge in [-0.2, -0.15) is 0 Å². The van der Waals surface area contributed by atoms with Crippen LogP contribution in [0.2, 0.25) is 0 Å². The molecule has 0 atom stereocenters. The molecule has 0 aliphatic carbocycles. The summed E-state index contributed by atoms with van der Waals surface area (Å²) in [5.74, 6) is -0.541. The number of hydrogen-bond acceptors (Lipinski definition) is 2. The van der Waals surface area contributed by atoms with Crippen molar-refractivity contribution in [3.63, 3.8) is 0 Å². The zero-order valence-corrected chi connectivity index (χ0v) is 17.3. The lowest BCUT2D eigenvalue weighted by Gasteiger charge is -2.32. The zero-order chi connectivity index (χ0) is 21.6. The molecule has 3 aromatic carbocycles. The van der Waals surface area contributed by atoms with Gasteiger partial charge >= 0.3 is 0 Å². The summed E-state index contributed by atoms with van der Waals surface area (Å²) in [6, 6.07) is 23.7. The third-order valence-corrected chi connectivity index (χ3v) is 5.81. The van der Waals surface area contributed by atoms with Gasteiger partial charge in [0.2, 0.25) is 0 Å². The molecule has 1 saturated heterocycles. The number of likely N-dealkylation sites (tertiary alicyclic amines) is 1. The zero-order valence-electron chi connectivity index (χ0n) is 17.3. The van der Waals surface area contributed by atoms with E-state index in [0.717, 1.165) is 24.0 Å². The van der Waals surface area contributed by atoms with Crippen molar-refractivity contribution in [2.75, 3.05) is 19.6 Å². The number of hydrogen-bond donors (Lipinski definition) is 1. The minimum absolute atomic E-state index is 0.0931. The monoisotopic (exact) mass is 416 g/mol. The standard InChI is InChI=1S/C26H25FN2O2/c27-24-9-5-4-8-23(24)26(31)29-16-14-19(15-17-29)18-28-25(30)22-12-10-21(11-13-22)20-6-2-1-3-7-20/h1-13,19H,14-18H2,(H,28,30). The second-order valence-corrected chi connectivity index (χ2v) is 7.87. The van der Waals surface area contributed by atoms with E-state index in [-0.39, 0.29) is 17.4 Å². The van der Waals surface area contributed by atoms with Crippen LogP contribution >= 0.6 is 0 Å². The Hall–Kier alpha value is -3.47. The smallest absolute Gasteiger partial charge is 0.256 e. The lowest BCUT2D eigenvalue weighted by Crippen LogP contribution is -2.41. The van der Waals surface area contributed by atoms with Crippen molar-refractivity contribution >= 4 is 11.8 Å². The molecule has 0 aromatic heterocycles. The largest absolute Gasteiger partial charge is 0.352 e. The summed E-state index contributed by atoms with van der Waals surface area (Å²) in [7, 11) is 0. The molecular weight excluding hydrogens is 391 g/mol. The molecule has 1 fully saturated rings. The van der Waals surface area contributed by atoms with Crippen LogP contribution in [0.4, 0.5) is 4.39 Å². The van der Waals surface area contributed by atoms with Crippen molar-refractivity contribution < 1.29 is 14.0 Å². The number of rotatable bonds is 5. The summed E-state index contributed by atoms with van der Waals surface area (Å²) < 4.78 is 13.9. The third-order valence-electron chi connectivity index (χ3n) is 5.81. The normalized spacial score (nSPS) is 14.3. The van der Waals surface area contributed by atoms with Gasteiger partial charge in [0.25, 0.3) is 11.8 Å². The first-order valence-corrected chi connectivity index (χ1v) is 10.6. The maximum absolute atomic E-state index is 13.9. The minimum atomic E-state index is -0.486. The molecule has 31 heavy (non-hydrogen) atoms. The van der Waals surface area contributed by atoms with Crippen LogP contribution in [-0.4, -0.2) is 36.3 Å². The molecule has 1 N–H and O–H groups in total. The maximum atomic E-state index is 13.9. The number of amides is 2. The first-order chi connectivity index (χ1) is 15.1. The number of carbonyl (C=O) groups excluding carboxylic acids is 2. The van der Waals surface area contributed by atoms with Gasteiger partial charge in [-0.1, -0.05) is 54.6 Å². The first kappa shape index (κ1) is 20.8. The van der Waals surface area contributed by atoms with E-state index in [0.29, 0.717) is 31.1 Å². The van der Waals surface area contributed by atoms with E-state index >= 15 is 0 Å². The summed E-state index contributed by atoms with van der Waals surface area (Å²) in [6.07, 6.45) is 1.57. The third kappa shape index (κ3) is 5.00. The van der Waals surface area contributed by atoms with Crippen LogP contribution in [0.3, 0.4) is 0 Å². The molecule has 0 bridgehead atoms. The van der Waals surface area contributed by atoms with Crippen LogP contribution in [0, 0.1) is 11.7 Å². The van der Waals surface area contributed by atoms with Crippen LogP contribution < -0.4 is 5.32 Å². The number of nitrogens with one attached hydrogen (secondary N) is 1. The highest BCUT2D eigenvalue weighted by molar-refractivity contribution is 5.95. The van der Waals surface area contributed by atoms with Crippen molar-refractivity contribution in [3.05, 3.63) is 95.8 Å². The molecule has 5 heteroatoms. The SMILES string of the molecule is O=C(NCC1CCN(C(=O)c2ccccc2F)CC1)c1ccc(-c2ccccc2)cc1. The number of piperidine rings is 1. The van der Waals surface area contributed by atoms with Gasteiger partial charge in [0.15, 0.2) is 0 Å². The summed E-state index contributed by atoms with van der Waals surface area (Å²) in [4.78, 5) is 26.7. The van der Waals surface area contributed by atoms with Crippen molar-refractivity contribution in [3.8, 4) is 11.1 Å². The Bertz CT molecular complexity index is 1040. The first-order valence-electron chi connectivity index (χ1n) is 10.6. The fraction of sp³-hybridized carbons (Fsp3) is 0.231. The second kappa shape index (κ2) is 9.56. The van der Waals surface area contributed by atoms with Crippen LogP contribution in [-0.2, 0) is 0 Å². The van der Waals surface area contributed by atoms with Crippen molar-refractivity contribution in [1.29, 1.82) is 0 Å². The predicted molar refractivity (Wildman–Crippen MR) is 119 cm³/mol. The van der Waals surface area contributed by atoms with E-state index in [4.69, 9.17) is 0 Å². The molecule has 2 amide bonds. The van der Waals surface area contributed by atoms with Gasteiger partial charge in [-0.15, -0.1) is 0 Å². The van der Waals surface area contributed by atoms with Gasteiger partial charge < -0.3 is 10.2 Å². The average Bonchev–Trinajstić information content (AvgIpc) is 2.83. The highest BCUT2D eigenvalue weighted by Gasteiger charge is 2.25. The summed E-state index contributed by atoms with van der Waals surface area (Å²) >= 11 is 0. The topological polar surface area (TPSA) is 49.4 Å². The molecule has 0 saturated carbocycles. The molecular formula is C26H25FN2O2. The fourth-order valence-corrected chi connectivity index (χ4v) is 3.93. The van der Waals surface area contributed by atoms with Crippen LogP contribution in [0.15, 0.2) is 78.9 Å². The van der Waals surface area contributed by atoms with Gasteiger partial charge in [0.05, 0.1) is 5.56 Å². The van der Waals surface area contributed by atoms with E-state index in [1.165, 1.54) is 12.1 Å². The van der Waals surface area contributed by atoms with E-state index in [1.54, 1.807) is 17.0 Å². The van der Waals surface area contributed by atoms with E-state index < -0.39 is 5.82 Å². The molecule has 1 heterocycles. The average molecular weight is 416 g/mol. The highest BCUT2D eigenvalue weighted by atomic mass is 19.1. The minimum Gasteiger partial charge on any atom is -0.352 e. The molecule has 0 spiro atoms. The Morgan fingerprint density at radius 1 is 0.839 bits per heavy atom. The maximum Gasteiger partial charge on any atom is 0.256 e. The molecule has 1 aliphatic heterocycles. The van der Waals surface area contributed by atoms with E-state index in [2.05, 4.69) is 5.32 Å². The van der Waals surface area contributed by atoms with Gasteiger partial charge in [-0.25, -0.2) is 4.39 Å². The van der Waals surface area contributed by atoms with Crippen LogP contribution in [0.25, 0.3) is 11.1 Å². The van der Waals surface area contributed by atoms with Gasteiger partial charge in [0, 0.05) is 25.2 Å². The number of carbonyl (C=O) groups is 2. The summed E-state index contributed by atoms with van der Waals surface area (Å²) in [6.45, 7) is 1.71. The fourth-order valence-electron chi connectivity index (χ4n) is 3.93. The van der Waals surface area contributed by atoms with Gasteiger partial charge in [-0.05, 0) is 54.2 Å². The lowest BCUT2D eigenvalue weighted by atomic mass is 9.96. The number of benzene rings is 3. The molecule has 0 radical (unpaired) electrons. The Kier molecular flexibility index (Phi) is 6.41. The Balaban J connectivity index is 1.26. The molecule has 158 valence electrons. The second-order valence-electron chi connectivity index (χ2n) is 7.87. The quantitative estimate of drug-likeness (QED) is 0.651. The van der Waals surface area contributed by atoms with E-state index in [9.17, 15) is 14.0 Å². The number of nitrogens with zero attached hydrogens (tertiary/aromatic N) is 1. The van der Waals surface area contributed by atoms with Crippen molar-refractivity contribution in [1.82, 2.24) is 10.2 Å². The van der Waals surface area contributed by atoms with E-state index in [1.807, 2.05) is 54.6 Å². The highest BCUT2D eigenvalue weighted by Crippen LogP contribution is 2.21. The van der Waals surface area contributed by atoms with Crippen molar-refractivity contribution in [2.24, 2.45) is 5.92 Å². The molecule has 1 aliphatic rings.